The number of benzene rings is 2. The molecule has 0 bridgehead atoms. The molecule has 2 amide bonds. The van der Waals surface area contributed by atoms with Gasteiger partial charge in [0.05, 0.1) is 11.6 Å². The van der Waals surface area contributed by atoms with E-state index in [0.29, 0.717) is 12.8 Å². The fourth-order valence-electron chi connectivity index (χ4n) is 3.82. The van der Waals surface area contributed by atoms with Gasteiger partial charge in [0, 0.05) is 26.1 Å². The molecular formula is C23H21F2N3O2. The lowest BCUT2D eigenvalue weighted by Gasteiger charge is -2.47. The molecule has 5 nitrogen and oxygen atoms in total. The zero-order valence-corrected chi connectivity index (χ0v) is 16.9. The van der Waals surface area contributed by atoms with Crippen molar-refractivity contribution in [3.8, 4) is 6.07 Å². The Labute approximate surface area is 173 Å². The van der Waals surface area contributed by atoms with Gasteiger partial charge < -0.3 is 9.80 Å². The summed E-state index contributed by atoms with van der Waals surface area (Å²) in [5, 5.41) is 9.24. The molecule has 0 spiro atoms. The topological polar surface area (TPSA) is 64.4 Å². The molecule has 0 N–H and O–H groups in total. The number of carbonyl (C=O) groups excluding carboxylic acids is 2. The second-order valence-corrected chi connectivity index (χ2v) is 7.24. The quantitative estimate of drug-likeness (QED) is 0.726. The third-order valence-electron chi connectivity index (χ3n) is 5.69. The monoisotopic (exact) mass is 409 g/mol. The standard InChI is InChI=1S/C23H21F2N3O2/c1-4-23(13-15-8-6-5-7-9-15)22(30)27(2)19(21(29)28(23)3)12-17-16(14-26)10-11-18(24)20(17)25/h5-12H,4,13H2,1-3H3/b19-12-. The Kier molecular flexibility index (Phi) is 5.70. The van der Waals surface area contributed by atoms with E-state index in [1.165, 1.54) is 23.9 Å². The summed E-state index contributed by atoms with van der Waals surface area (Å²) in [5.41, 5.74) is -0.824. The molecule has 0 radical (unpaired) electrons. The number of nitrogens with zero attached hydrogens (tertiary/aromatic N) is 3. The van der Waals surface area contributed by atoms with Gasteiger partial charge in [-0.15, -0.1) is 0 Å². The molecule has 3 rings (SSSR count). The van der Waals surface area contributed by atoms with Crippen molar-refractivity contribution < 1.29 is 18.4 Å². The first kappa shape index (κ1) is 21.2. The van der Waals surface area contributed by atoms with Crippen LogP contribution in [0.4, 0.5) is 8.78 Å². The van der Waals surface area contributed by atoms with Gasteiger partial charge in [-0.2, -0.15) is 5.26 Å². The third kappa shape index (κ3) is 3.35. The van der Waals surface area contributed by atoms with E-state index in [4.69, 9.17) is 0 Å². The molecule has 1 fully saturated rings. The van der Waals surface area contributed by atoms with Crippen LogP contribution in [0.2, 0.25) is 0 Å². The number of rotatable bonds is 4. The van der Waals surface area contributed by atoms with Crippen molar-refractivity contribution in [2.45, 2.75) is 25.3 Å². The van der Waals surface area contributed by atoms with Crippen LogP contribution in [0.25, 0.3) is 6.08 Å². The van der Waals surface area contributed by atoms with Gasteiger partial charge in [-0.05, 0) is 30.2 Å². The molecular weight excluding hydrogens is 388 g/mol. The molecule has 1 aliphatic heterocycles. The van der Waals surface area contributed by atoms with E-state index >= 15 is 0 Å². The fourth-order valence-corrected chi connectivity index (χ4v) is 3.82. The van der Waals surface area contributed by atoms with Gasteiger partial charge in [0.2, 0.25) is 0 Å². The fraction of sp³-hybridized carbons (Fsp3) is 0.261. The minimum Gasteiger partial charge on any atom is -0.325 e. The summed E-state index contributed by atoms with van der Waals surface area (Å²) in [6, 6.07) is 13.1. The molecule has 30 heavy (non-hydrogen) atoms. The second kappa shape index (κ2) is 8.07. The zero-order chi connectivity index (χ0) is 22.1. The number of carbonyl (C=O) groups is 2. The molecule has 1 saturated heterocycles. The van der Waals surface area contributed by atoms with Crippen LogP contribution >= 0.6 is 0 Å². The summed E-state index contributed by atoms with van der Waals surface area (Å²) >= 11 is 0. The first-order chi connectivity index (χ1) is 14.3. The maximum absolute atomic E-state index is 14.4. The number of piperazine rings is 1. The van der Waals surface area contributed by atoms with E-state index in [9.17, 15) is 23.6 Å². The molecule has 1 heterocycles. The summed E-state index contributed by atoms with van der Waals surface area (Å²) in [6.45, 7) is 1.83. The minimum atomic E-state index is -1.24. The molecule has 1 atom stereocenters. The maximum Gasteiger partial charge on any atom is 0.271 e. The Bertz CT molecular complexity index is 1080. The first-order valence-electron chi connectivity index (χ1n) is 9.47. The van der Waals surface area contributed by atoms with Crippen molar-refractivity contribution >= 4 is 17.9 Å². The molecule has 0 saturated carbocycles. The van der Waals surface area contributed by atoms with Gasteiger partial charge in [0.1, 0.15) is 11.2 Å². The molecule has 2 aromatic carbocycles. The molecule has 1 unspecified atom stereocenters. The van der Waals surface area contributed by atoms with Crippen LogP contribution in [0, 0.1) is 23.0 Å². The minimum absolute atomic E-state index is 0.124. The highest BCUT2D eigenvalue weighted by Crippen LogP contribution is 2.34. The average molecular weight is 409 g/mol. The Morgan fingerprint density at radius 3 is 2.37 bits per heavy atom. The van der Waals surface area contributed by atoms with Crippen LogP contribution in [0.15, 0.2) is 48.2 Å². The van der Waals surface area contributed by atoms with Gasteiger partial charge in [-0.3, -0.25) is 9.59 Å². The SMILES string of the molecule is CCC1(Cc2ccccc2)C(=O)N(C)/C(=C\c2c(C#N)ccc(F)c2F)C(=O)N1C. The van der Waals surface area contributed by atoms with Crippen molar-refractivity contribution in [2.75, 3.05) is 14.1 Å². The Morgan fingerprint density at radius 1 is 1.10 bits per heavy atom. The smallest absolute Gasteiger partial charge is 0.271 e. The van der Waals surface area contributed by atoms with Crippen LogP contribution < -0.4 is 0 Å². The molecule has 0 aliphatic carbocycles. The number of likely N-dealkylation sites (N-methyl/N-ethyl adjacent to an activating group) is 2. The Morgan fingerprint density at radius 2 is 1.77 bits per heavy atom. The maximum atomic E-state index is 14.4. The normalized spacial score (nSPS) is 20.6. The van der Waals surface area contributed by atoms with E-state index in [0.717, 1.165) is 23.8 Å². The summed E-state index contributed by atoms with van der Waals surface area (Å²) in [4.78, 5) is 29.1. The number of amides is 2. The van der Waals surface area contributed by atoms with Crippen molar-refractivity contribution in [3.05, 3.63) is 76.5 Å². The third-order valence-corrected chi connectivity index (χ3v) is 5.69. The van der Waals surface area contributed by atoms with Crippen molar-refractivity contribution in [1.82, 2.24) is 9.80 Å². The number of nitriles is 1. The van der Waals surface area contributed by atoms with Gasteiger partial charge in [-0.25, -0.2) is 8.78 Å². The molecule has 0 aromatic heterocycles. The van der Waals surface area contributed by atoms with Gasteiger partial charge in [0.25, 0.3) is 11.8 Å². The van der Waals surface area contributed by atoms with E-state index in [2.05, 4.69) is 0 Å². The van der Waals surface area contributed by atoms with Gasteiger partial charge >= 0.3 is 0 Å². The first-order valence-corrected chi connectivity index (χ1v) is 9.47. The van der Waals surface area contributed by atoms with Crippen LogP contribution in [0.5, 0.6) is 0 Å². The van der Waals surface area contributed by atoms with Crippen LogP contribution in [-0.4, -0.2) is 41.2 Å². The van der Waals surface area contributed by atoms with E-state index in [-0.39, 0.29) is 22.7 Å². The molecule has 7 heteroatoms. The van der Waals surface area contributed by atoms with Crippen LogP contribution in [0.1, 0.15) is 30.0 Å². The average Bonchev–Trinajstić information content (AvgIpc) is 2.76. The van der Waals surface area contributed by atoms with Crippen LogP contribution in [0.3, 0.4) is 0 Å². The predicted octanol–water partition coefficient (Wildman–Crippen LogP) is 3.50. The predicted molar refractivity (Wildman–Crippen MR) is 108 cm³/mol. The highest BCUT2D eigenvalue weighted by atomic mass is 19.2. The van der Waals surface area contributed by atoms with Gasteiger partial charge in [-0.1, -0.05) is 37.3 Å². The summed E-state index contributed by atoms with van der Waals surface area (Å²) < 4.78 is 28.1. The Balaban J connectivity index is 2.09. The van der Waals surface area contributed by atoms with E-state index in [1.807, 2.05) is 37.3 Å². The number of hydrogen-bond acceptors (Lipinski definition) is 3. The van der Waals surface area contributed by atoms with Crippen molar-refractivity contribution in [1.29, 1.82) is 5.26 Å². The summed E-state index contributed by atoms with van der Waals surface area (Å²) in [5.74, 6) is -3.23. The van der Waals surface area contributed by atoms with Crippen molar-refractivity contribution in [3.63, 3.8) is 0 Å². The summed E-state index contributed by atoms with van der Waals surface area (Å²) in [7, 11) is 2.96. The highest BCUT2D eigenvalue weighted by Gasteiger charge is 2.50. The van der Waals surface area contributed by atoms with Crippen LogP contribution in [-0.2, 0) is 16.0 Å². The zero-order valence-electron chi connectivity index (χ0n) is 16.9. The highest BCUT2D eigenvalue weighted by molar-refractivity contribution is 6.09. The van der Waals surface area contributed by atoms with Gasteiger partial charge in [0.15, 0.2) is 11.6 Å². The molecule has 2 aromatic rings. The number of halogens is 2. The lowest BCUT2D eigenvalue weighted by Crippen LogP contribution is -2.65. The lowest BCUT2D eigenvalue weighted by atomic mass is 9.82. The van der Waals surface area contributed by atoms with E-state index in [1.54, 1.807) is 6.07 Å². The molecule has 1 aliphatic rings. The second-order valence-electron chi connectivity index (χ2n) is 7.24. The Hall–Kier alpha value is -3.53. The van der Waals surface area contributed by atoms with E-state index < -0.39 is 23.1 Å². The summed E-state index contributed by atoms with van der Waals surface area (Å²) in [6.07, 6.45) is 1.76. The van der Waals surface area contributed by atoms with Crippen molar-refractivity contribution in [2.24, 2.45) is 0 Å². The lowest BCUT2D eigenvalue weighted by molar-refractivity contribution is -0.157. The molecule has 154 valence electrons. The largest absolute Gasteiger partial charge is 0.325 e. The number of hydrogen-bond donors (Lipinski definition) is 0.